The molecule has 5 heteroatoms. The molecule has 2 N–H and O–H groups in total. The average Bonchev–Trinajstić information content (AvgIpc) is 2.90. The maximum Gasteiger partial charge on any atom is 0.131 e. The zero-order chi connectivity index (χ0) is 13.5. The summed E-state index contributed by atoms with van der Waals surface area (Å²) in [6, 6.07) is 6.17. The molecular formula is C14H20N4O. The van der Waals surface area contributed by atoms with E-state index >= 15 is 0 Å². The van der Waals surface area contributed by atoms with Gasteiger partial charge in [0.25, 0.3) is 0 Å². The molecule has 0 saturated heterocycles. The number of hydrogen-bond donors (Lipinski definition) is 2. The minimum absolute atomic E-state index is 0.328. The standard InChI is InChI=1S/C14H20N4O/c1-3-15-13-9-14(17-10-16-13)18-11(2)6-7-12-5-4-8-19-12/h4-5,8-11H,3,6-7H2,1-2H3,(H2,15,16,17,18). The van der Waals surface area contributed by atoms with Crippen molar-refractivity contribution >= 4 is 11.6 Å². The van der Waals surface area contributed by atoms with E-state index in [1.165, 1.54) is 0 Å². The quantitative estimate of drug-likeness (QED) is 0.801. The number of hydrogen-bond acceptors (Lipinski definition) is 5. The average molecular weight is 260 g/mol. The zero-order valence-corrected chi connectivity index (χ0v) is 11.4. The van der Waals surface area contributed by atoms with Gasteiger partial charge in [-0.15, -0.1) is 0 Å². The molecule has 19 heavy (non-hydrogen) atoms. The molecule has 0 radical (unpaired) electrons. The maximum absolute atomic E-state index is 5.32. The first-order valence-corrected chi connectivity index (χ1v) is 6.62. The van der Waals surface area contributed by atoms with E-state index in [9.17, 15) is 0 Å². The lowest BCUT2D eigenvalue weighted by atomic mass is 10.1. The second-order valence-corrected chi connectivity index (χ2v) is 4.48. The van der Waals surface area contributed by atoms with Crippen molar-refractivity contribution in [3.8, 4) is 0 Å². The van der Waals surface area contributed by atoms with Crippen LogP contribution in [0.3, 0.4) is 0 Å². The van der Waals surface area contributed by atoms with Gasteiger partial charge in [0.05, 0.1) is 6.26 Å². The minimum Gasteiger partial charge on any atom is -0.469 e. The highest BCUT2D eigenvalue weighted by atomic mass is 16.3. The number of aromatic nitrogens is 2. The summed E-state index contributed by atoms with van der Waals surface area (Å²) in [7, 11) is 0. The van der Waals surface area contributed by atoms with Gasteiger partial charge in [-0.2, -0.15) is 0 Å². The Kier molecular flexibility index (Phi) is 4.78. The number of furan rings is 1. The van der Waals surface area contributed by atoms with Crippen LogP contribution in [-0.4, -0.2) is 22.6 Å². The molecule has 0 aliphatic rings. The molecule has 2 heterocycles. The number of rotatable bonds is 7. The van der Waals surface area contributed by atoms with Crippen molar-refractivity contribution < 1.29 is 4.42 Å². The van der Waals surface area contributed by atoms with E-state index in [4.69, 9.17) is 4.42 Å². The highest BCUT2D eigenvalue weighted by molar-refractivity contribution is 5.46. The molecule has 2 aromatic heterocycles. The first kappa shape index (κ1) is 13.4. The normalized spacial score (nSPS) is 12.1. The monoisotopic (exact) mass is 260 g/mol. The van der Waals surface area contributed by atoms with Crippen LogP contribution in [0.1, 0.15) is 26.0 Å². The summed E-state index contributed by atoms with van der Waals surface area (Å²) in [6.45, 7) is 5.03. The second kappa shape index (κ2) is 6.78. The van der Waals surface area contributed by atoms with Crippen molar-refractivity contribution in [1.29, 1.82) is 0 Å². The summed E-state index contributed by atoms with van der Waals surface area (Å²) in [4.78, 5) is 8.37. The van der Waals surface area contributed by atoms with Crippen molar-refractivity contribution in [3.63, 3.8) is 0 Å². The topological polar surface area (TPSA) is 63.0 Å². The van der Waals surface area contributed by atoms with Gasteiger partial charge in [0, 0.05) is 25.1 Å². The van der Waals surface area contributed by atoms with E-state index in [0.717, 1.165) is 36.8 Å². The van der Waals surface area contributed by atoms with E-state index in [1.807, 2.05) is 25.1 Å². The van der Waals surface area contributed by atoms with Gasteiger partial charge in [0.15, 0.2) is 0 Å². The van der Waals surface area contributed by atoms with Crippen molar-refractivity contribution in [1.82, 2.24) is 9.97 Å². The number of aryl methyl sites for hydroxylation is 1. The Morgan fingerprint density at radius 3 is 2.89 bits per heavy atom. The molecule has 0 aliphatic heterocycles. The molecule has 1 unspecified atom stereocenters. The van der Waals surface area contributed by atoms with Gasteiger partial charge in [0.2, 0.25) is 0 Å². The van der Waals surface area contributed by atoms with Crippen LogP contribution in [-0.2, 0) is 6.42 Å². The number of anilines is 2. The third-order valence-corrected chi connectivity index (χ3v) is 2.82. The molecular weight excluding hydrogens is 240 g/mol. The SMILES string of the molecule is CCNc1cc(NC(C)CCc2ccco2)ncn1. The van der Waals surface area contributed by atoms with Gasteiger partial charge in [-0.1, -0.05) is 0 Å². The Balaban J connectivity index is 1.84. The summed E-state index contributed by atoms with van der Waals surface area (Å²) in [5.41, 5.74) is 0. The van der Waals surface area contributed by atoms with Gasteiger partial charge in [-0.25, -0.2) is 9.97 Å². The van der Waals surface area contributed by atoms with Crippen LogP contribution >= 0.6 is 0 Å². The van der Waals surface area contributed by atoms with Gasteiger partial charge in [-0.3, -0.25) is 0 Å². The third-order valence-electron chi connectivity index (χ3n) is 2.82. The molecule has 0 bridgehead atoms. The first-order chi connectivity index (χ1) is 9.28. The fraction of sp³-hybridized carbons (Fsp3) is 0.429. The minimum atomic E-state index is 0.328. The van der Waals surface area contributed by atoms with Crippen LogP contribution < -0.4 is 10.6 Å². The van der Waals surface area contributed by atoms with Gasteiger partial charge < -0.3 is 15.1 Å². The van der Waals surface area contributed by atoms with Crippen molar-refractivity contribution in [2.75, 3.05) is 17.2 Å². The van der Waals surface area contributed by atoms with E-state index in [0.29, 0.717) is 6.04 Å². The lowest BCUT2D eigenvalue weighted by Crippen LogP contribution is -2.17. The molecule has 0 fully saturated rings. The van der Waals surface area contributed by atoms with Gasteiger partial charge >= 0.3 is 0 Å². The fourth-order valence-electron chi connectivity index (χ4n) is 1.85. The zero-order valence-electron chi connectivity index (χ0n) is 11.4. The van der Waals surface area contributed by atoms with Crippen LogP contribution in [0.15, 0.2) is 35.2 Å². The van der Waals surface area contributed by atoms with Gasteiger partial charge in [0.1, 0.15) is 23.7 Å². The molecule has 2 rings (SSSR count). The maximum atomic E-state index is 5.32. The lowest BCUT2D eigenvalue weighted by molar-refractivity contribution is 0.495. The van der Waals surface area contributed by atoms with Crippen LogP contribution in [0.25, 0.3) is 0 Å². The lowest BCUT2D eigenvalue weighted by Gasteiger charge is -2.14. The van der Waals surface area contributed by atoms with Crippen LogP contribution in [0.2, 0.25) is 0 Å². The Labute approximate surface area is 113 Å². The largest absolute Gasteiger partial charge is 0.469 e. The highest BCUT2D eigenvalue weighted by Gasteiger charge is 2.05. The molecule has 0 spiro atoms. The number of nitrogens with zero attached hydrogens (tertiary/aromatic N) is 2. The first-order valence-electron chi connectivity index (χ1n) is 6.62. The Morgan fingerprint density at radius 2 is 2.16 bits per heavy atom. The molecule has 0 aromatic carbocycles. The highest BCUT2D eigenvalue weighted by Crippen LogP contribution is 2.12. The van der Waals surface area contributed by atoms with Gasteiger partial charge in [-0.05, 0) is 32.4 Å². The van der Waals surface area contributed by atoms with E-state index < -0.39 is 0 Å². The molecule has 102 valence electrons. The van der Waals surface area contributed by atoms with Crippen LogP contribution in [0.4, 0.5) is 11.6 Å². The van der Waals surface area contributed by atoms with E-state index in [2.05, 4.69) is 27.5 Å². The van der Waals surface area contributed by atoms with Crippen molar-refractivity contribution in [3.05, 3.63) is 36.5 Å². The summed E-state index contributed by atoms with van der Waals surface area (Å²) >= 11 is 0. The predicted octanol–water partition coefficient (Wildman–Crippen LogP) is 2.93. The summed E-state index contributed by atoms with van der Waals surface area (Å²) in [6.07, 6.45) is 5.19. The molecule has 0 saturated carbocycles. The van der Waals surface area contributed by atoms with Crippen LogP contribution in [0.5, 0.6) is 0 Å². The smallest absolute Gasteiger partial charge is 0.131 e. The van der Waals surface area contributed by atoms with Crippen LogP contribution in [0, 0.1) is 0 Å². The molecule has 0 amide bonds. The number of nitrogens with one attached hydrogen (secondary N) is 2. The Bertz CT molecular complexity index is 484. The Morgan fingerprint density at radius 1 is 1.32 bits per heavy atom. The molecule has 5 nitrogen and oxygen atoms in total. The summed E-state index contributed by atoms with van der Waals surface area (Å²) < 4.78 is 5.32. The van der Waals surface area contributed by atoms with Crippen molar-refractivity contribution in [2.45, 2.75) is 32.7 Å². The van der Waals surface area contributed by atoms with E-state index in [-0.39, 0.29) is 0 Å². The summed E-state index contributed by atoms with van der Waals surface area (Å²) in [5, 5.41) is 6.54. The predicted molar refractivity (Wildman–Crippen MR) is 76.3 cm³/mol. The molecule has 0 aliphatic carbocycles. The molecule has 2 aromatic rings. The van der Waals surface area contributed by atoms with Crippen molar-refractivity contribution in [2.24, 2.45) is 0 Å². The third kappa shape index (κ3) is 4.28. The second-order valence-electron chi connectivity index (χ2n) is 4.48. The molecule has 1 atom stereocenters. The Hall–Kier alpha value is -2.04. The fourth-order valence-corrected chi connectivity index (χ4v) is 1.85. The van der Waals surface area contributed by atoms with E-state index in [1.54, 1.807) is 12.6 Å². The summed E-state index contributed by atoms with van der Waals surface area (Å²) in [5.74, 6) is 2.71.